The molecule has 9 heteroatoms. The predicted molar refractivity (Wildman–Crippen MR) is 95.2 cm³/mol. The first-order valence-electron chi connectivity index (χ1n) is 9.45. The minimum atomic E-state index is -0.955. The van der Waals surface area contributed by atoms with Crippen LogP contribution in [0, 0.1) is 11.8 Å². The van der Waals surface area contributed by atoms with Gasteiger partial charge in [-0.25, -0.2) is 9.97 Å². The number of carboxylic acid groups (broad SMARTS) is 1. The molecule has 27 heavy (non-hydrogen) atoms. The molecule has 0 aliphatic carbocycles. The Bertz CT molecular complexity index is 672. The van der Waals surface area contributed by atoms with Crippen molar-refractivity contribution >= 4 is 11.9 Å². The topological polar surface area (TPSA) is 117 Å². The minimum Gasteiger partial charge on any atom is -0.480 e. The van der Waals surface area contributed by atoms with Gasteiger partial charge >= 0.3 is 5.97 Å². The molecule has 0 unspecified atom stereocenters. The van der Waals surface area contributed by atoms with Crippen LogP contribution in [0.1, 0.15) is 18.4 Å². The minimum absolute atomic E-state index is 0.0756. The van der Waals surface area contributed by atoms with Crippen LogP contribution in [-0.4, -0.2) is 82.2 Å². The third-order valence-electron chi connectivity index (χ3n) is 6.05. The maximum absolute atomic E-state index is 11.3. The van der Waals surface area contributed by atoms with E-state index in [0.717, 1.165) is 18.5 Å². The summed E-state index contributed by atoms with van der Waals surface area (Å²) in [5, 5.41) is 22.7. The fourth-order valence-corrected chi connectivity index (χ4v) is 4.67. The van der Waals surface area contributed by atoms with Gasteiger partial charge in [-0.15, -0.1) is 0 Å². The highest BCUT2D eigenvalue weighted by molar-refractivity contribution is 5.71. The highest BCUT2D eigenvalue weighted by atomic mass is 16.5. The molecule has 148 valence electrons. The molecule has 3 fully saturated rings. The number of carbonyl (C=O) groups is 1. The second kappa shape index (κ2) is 7.67. The van der Waals surface area contributed by atoms with Gasteiger partial charge in [-0.1, -0.05) is 0 Å². The van der Waals surface area contributed by atoms with Crippen molar-refractivity contribution in [2.24, 2.45) is 11.8 Å². The average molecular weight is 378 g/mol. The number of rotatable bonds is 5. The van der Waals surface area contributed by atoms with E-state index in [2.05, 4.69) is 20.2 Å². The molecular formula is C18H26N4O5. The summed E-state index contributed by atoms with van der Waals surface area (Å²) in [6.45, 7) is 3.73. The summed E-state index contributed by atoms with van der Waals surface area (Å²) in [7, 11) is 0. The summed E-state index contributed by atoms with van der Waals surface area (Å²) < 4.78 is 11.3. The Morgan fingerprint density at radius 1 is 1.30 bits per heavy atom. The highest BCUT2D eigenvalue weighted by Gasteiger charge is 2.55. The van der Waals surface area contributed by atoms with E-state index in [1.54, 1.807) is 12.4 Å². The number of nitrogens with zero attached hydrogens (tertiary/aromatic N) is 3. The third kappa shape index (κ3) is 3.77. The third-order valence-corrected chi connectivity index (χ3v) is 6.05. The molecule has 0 radical (unpaired) electrons. The van der Waals surface area contributed by atoms with E-state index in [9.17, 15) is 9.90 Å². The lowest BCUT2D eigenvalue weighted by atomic mass is 9.66. The molecule has 1 aromatic heterocycles. The van der Waals surface area contributed by atoms with Crippen LogP contribution in [-0.2, 0) is 20.8 Å². The normalized spacial score (nSPS) is 33.7. The number of likely N-dealkylation sites (tertiary alicyclic amines) is 1. The van der Waals surface area contributed by atoms with Crippen LogP contribution in [0.3, 0.4) is 0 Å². The van der Waals surface area contributed by atoms with Gasteiger partial charge in [-0.2, -0.15) is 0 Å². The van der Waals surface area contributed by atoms with Crippen molar-refractivity contribution in [1.29, 1.82) is 0 Å². The van der Waals surface area contributed by atoms with Gasteiger partial charge in [0.2, 0.25) is 5.95 Å². The summed E-state index contributed by atoms with van der Waals surface area (Å²) in [5.74, 6) is -0.486. The summed E-state index contributed by atoms with van der Waals surface area (Å²) in [4.78, 5) is 21.4. The number of nitrogens with one attached hydrogen (secondary N) is 1. The van der Waals surface area contributed by atoms with Crippen molar-refractivity contribution in [3.63, 3.8) is 0 Å². The molecular weight excluding hydrogens is 352 g/mol. The van der Waals surface area contributed by atoms with Crippen molar-refractivity contribution in [2.45, 2.75) is 31.0 Å². The molecule has 1 aromatic rings. The second-order valence-corrected chi connectivity index (χ2v) is 7.64. The van der Waals surface area contributed by atoms with Gasteiger partial charge in [0.05, 0.1) is 18.8 Å². The highest BCUT2D eigenvalue weighted by Crippen LogP contribution is 2.44. The van der Waals surface area contributed by atoms with Crippen LogP contribution in [0.5, 0.6) is 0 Å². The molecule has 3 N–H and O–H groups in total. The van der Waals surface area contributed by atoms with Gasteiger partial charge in [0, 0.05) is 68.6 Å². The van der Waals surface area contributed by atoms with Gasteiger partial charge < -0.3 is 25.0 Å². The van der Waals surface area contributed by atoms with Crippen LogP contribution in [0.2, 0.25) is 0 Å². The lowest BCUT2D eigenvalue weighted by Gasteiger charge is -2.57. The van der Waals surface area contributed by atoms with E-state index < -0.39 is 11.6 Å². The first kappa shape index (κ1) is 18.5. The number of aliphatic hydroxyl groups is 1. The largest absolute Gasteiger partial charge is 0.480 e. The zero-order valence-electron chi connectivity index (χ0n) is 15.2. The molecule has 4 atom stereocenters. The van der Waals surface area contributed by atoms with Crippen molar-refractivity contribution in [1.82, 2.24) is 14.9 Å². The standard InChI is InChI=1S/C18H26N4O5/c23-16(24)7-21-17-19-5-12(6-20-17)8-22-9-13-10-27-4-2-18(13,25)14-11-26-3-1-15(14)22/h5-6,13-15,25H,1-4,7-11H2,(H,23,24)(H,19,20,21)/t13-,14+,15-,18-/m1/s1. The lowest BCUT2D eigenvalue weighted by Crippen LogP contribution is -2.67. The number of carboxylic acids is 1. The molecule has 4 heterocycles. The number of hydrogen-bond acceptors (Lipinski definition) is 8. The van der Waals surface area contributed by atoms with Crippen molar-refractivity contribution < 1.29 is 24.5 Å². The van der Waals surface area contributed by atoms with Crippen molar-refractivity contribution in [3.05, 3.63) is 18.0 Å². The molecule has 9 nitrogen and oxygen atoms in total. The van der Waals surface area contributed by atoms with Gasteiger partial charge in [0.15, 0.2) is 0 Å². The Morgan fingerprint density at radius 3 is 2.85 bits per heavy atom. The molecule has 3 saturated heterocycles. The van der Waals surface area contributed by atoms with Crippen LogP contribution in [0.25, 0.3) is 0 Å². The first-order chi connectivity index (χ1) is 13.1. The van der Waals surface area contributed by atoms with E-state index in [0.29, 0.717) is 45.3 Å². The van der Waals surface area contributed by atoms with Crippen molar-refractivity contribution in [3.8, 4) is 0 Å². The predicted octanol–water partition coefficient (Wildman–Crippen LogP) is -0.0386. The number of ether oxygens (including phenoxy) is 2. The first-order valence-corrected chi connectivity index (χ1v) is 9.45. The fourth-order valence-electron chi connectivity index (χ4n) is 4.67. The lowest BCUT2D eigenvalue weighted by molar-refractivity contribution is -0.221. The average Bonchev–Trinajstić information content (AvgIpc) is 2.68. The summed E-state index contributed by atoms with van der Waals surface area (Å²) in [5.41, 5.74) is 0.254. The molecule has 3 aliphatic heterocycles. The Morgan fingerprint density at radius 2 is 2.07 bits per heavy atom. The maximum Gasteiger partial charge on any atom is 0.322 e. The van der Waals surface area contributed by atoms with Crippen LogP contribution >= 0.6 is 0 Å². The molecule has 4 rings (SSSR count). The molecule has 0 spiro atoms. The molecule has 0 aromatic carbocycles. The smallest absolute Gasteiger partial charge is 0.322 e. The van der Waals surface area contributed by atoms with E-state index in [4.69, 9.17) is 14.6 Å². The Hall–Kier alpha value is -1.81. The summed E-state index contributed by atoms with van der Waals surface area (Å²) >= 11 is 0. The second-order valence-electron chi connectivity index (χ2n) is 7.64. The maximum atomic E-state index is 11.3. The SMILES string of the molecule is O=C(O)CNc1ncc(CN2C[C@@H]3COCC[C@]3(O)[C@H]3COCC[C@H]32)cn1. The van der Waals surface area contributed by atoms with Gasteiger partial charge in [-0.3, -0.25) is 9.69 Å². The monoisotopic (exact) mass is 378 g/mol. The number of aliphatic carboxylic acids is 1. The summed E-state index contributed by atoms with van der Waals surface area (Å²) in [6, 6.07) is 0.267. The van der Waals surface area contributed by atoms with E-state index in [1.165, 1.54) is 0 Å². The number of hydrogen-bond donors (Lipinski definition) is 3. The van der Waals surface area contributed by atoms with E-state index in [1.807, 2.05) is 0 Å². The number of piperidine rings is 1. The number of fused-ring (bicyclic) bond motifs is 3. The Balaban J connectivity index is 1.47. The molecule has 0 bridgehead atoms. The van der Waals surface area contributed by atoms with Crippen LogP contribution in [0.4, 0.5) is 5.95 Å². The fraction of sp³-hybridized carbons (Fsp3) is 0.722. The Labute approximate surface area is 157 Å². The van der Waals surface area contributed by atoms with Crippen molar-refractivity contribution in [2.75, 3.05) is 44.8 Å². The summed E-state index contributed by atoms with van der Waals surface area (Å²) in [6.07, 6.45) is 5.02. The zero-order chi connectivity index (χ0) is 18.9. The zero-order valence-corrected chi connectivity index (χ0v) is 15.2. The van der Waals surface area contributed by atoms with Gasteiger partial charge in [0.25, 0.3) is 0 Å². The van der Waals surface area contributed by atoms with Crippen LogP contribution in [0.15, 0.2) is 12.4 Å². The Kier molecular flexibility index (Phi) is 5.27. The number of aromatic nitrogens is 2. The van der Waals surface area contributed by atoms with Crippen LogP contribution < -0.4 is 5.32 Å². The van der Waals surface area contributed by atoms with E-state index >= 15 is 0 Å². The quantitative estimate of drug-likeness (QED) is 0.649. The molecule has 0 amide bonds. The van der Waals surface area contributed by atoms with Gasteiger partial charge in [0.1, 0.15) is 6.54 Å². The molecule has 3 aliphatic rings. The molecule has 0 saturated carbocycles. The van der Waals surface area contributed by atoms with E-state index in [-0.39, 0.29) is 24.4 Å². The van der Waals surface area contributed by atoms with Gasteiger partial charge in [-0.05, 0) is 6.42 Å². The number of anilines is 1.